The third-order valence-electron chi connectivity index (χ3n) is 3.68. The first kappa shape index (κ1) is 13.6. The molecule has 3 aromatic rings. The SMILES string of the molecule is C(=Nc1ccccc1)c1ccccc1B1Oc2ccccc2O1. The van der Waals surface area contributed by atoms with E-state index < -0.39 is 7.12 Å². The van der Waals surface area contributed by atoms with E-state index in [2.05, 4.69) is 4.99 Å². The fourth-order valence-corrected chi connectivity index (χ4v) is 2.53. The van der Waals surface area contributed by atoms with Crippen LogP contribution < -0.4 is 14.8 Å². The molecule has 1 aliphatic heterocycles. The van der Waals surface area contributed by atoms with Crippen molar-refractivity contribution in [2.75, 3.05) is 0 Å². The number of fused-ring (bicyclic) bond motifs is 1. The molecule has 3 aromatic carbocycles. The van der Waals surface area contributed by atoms with Crippen LogP contribution >= 0.6 is 0 Å². The van der Waals surface area contributed by atoms with Gasteiger partial charge >= 0.3 is 7.12 Å². The van der Waals surface area contributed by atoms with Crippen molar-refractivity contribution in [2.24, 2.45) is 4.99 Å². The number of aliphatic imine (C=N–C) groups is 1. The van der Waals surface area contributed by atoms with Gasteiger partial charge in [0.05, 0.1) is 5.69 Å². The topological polar surface area (TPSA) is 30.8 Å². The summed E-state index contributed by atoms with van der Waals surface area (Å²) < 4.78 is 11.8. The maximum Gasteiger partial charge on any atom is 0.633 e. The molecule has 0 unspecified atom stereocenters. The summed E-state index contributed by atoms with van der Waals surface area (Å²) >= 11 is 0. The predicted octanol–water partition coefficient (Wildman–Crippen LogP) is 3.60. The van der Waals surface area contributed by atoms with Crippen molar-refractivity contribution in [3.8, 4) is 11.5 Å². The lowest BCUT2D eigenvalue weighted by Gasteiger charge is -2.08. The molecule has 4 rings (SSSR count). The lowest BCUT2D eigenvalue weighted by Crippen LogP contribution is -2.41. The minimum Gasteiger partial charge on any atom is -0.519 e. The summed E-state index contributed by atoms with van der Waals surface area (Å²) in [6, 6.07) is 25.5. The molecule has 0 saturated heterocycles. The second-order valence-corrected chi connectivity index (χ2v) is 5.24. The maximum atomic E-state index is 5.90. The van der Waals surface area contributed by atoms with E-state index in [-0.39, 0.29) is 0 Å². The van der Waals surface area contributed by atoms with Gasteiger partial charge in [-0.3, -0.25) is 4.99 Å². The van der Waals surface area contributed by atoms with Crippen LogP contribution in [0.5, 0.6) is 11.5 Å². The Morgan fingerprint density at radius 2 is 1.30 bits per heavy atom. The highest BCUT2D eigenvalue weighted by molar-refractivity contribution is 6.65. The summed E-state index contributed by atoms with van der Waals surface area (Å²) in [5, 5.41) is 0. The first-order valence-electron chi connectivity index (χ1n) is 7.50. The molecule has 0 fully saturated rings. The van der Waals surface area contributed by atoms with E-state index in [9.17, 15) is 0 Å². The first-order valence-corrected chi connectivity index (χ1v) is 7.50. The first-order chi connectivity index (χ1) is 11.4. The van der Waals surface area contributed by atoms with Gasteiger partial charge in [0.25, 0.3) is 0 Å². The van der Waals surface area contributed by atoms with Crippen molar-refractivity contribution < 1.29 is 9.31 Å². The molecule has 23 heavy (non-hydrogen) atoms. The molecule has 0 bridgehead atoms. The molecule has 0 spiro atoms. The molecule has 0 N–H and O–H groups in total. The zero-order valence-corrected chi connectivity index (χ0v) is 12.4. The van der Waals surface area contributed by atoms with Gasteiger partial charge < -0.3 is 9.31 Å². The predicted molar refractivity (Wildman–Crippen MR) is 93.2 cm³/mol. The normalized spacial score (nSPS) is 12.8. The zero-order chi connectivity index (χ0) is 15.5. The van der Waals surface area contributed by atoms with E-state index in [4.69, 9.17) is 9.31 Å². The molecule has 4 heteroatoms. The molecule has 0 saturated carbocycles. The van der Waals surface area contributed by atoms with Crippen molar-refractivity contribution in [1.29, 1.82) is 0 Å². The van der Waals surface area contributed by atoms with Gasteiger partial charge in [0.15, 0.2) is 0 Å². The molecule has 1 heterocycles. The van der Waals surface area contributed by atoms with E-state index in [1.165, 1.54) is 0 Å². The number of para-hydroxylation sites is 3. The molecule has 0 amide bonds. The lowest BCUT2D eigenvalue weighted by atomic mass is 9.76. The van der Waals surface area contributed by atoms with Crippen LogP contribution in [0.1, 0.15) is 5.56 Å². The van der Waals surface area contributed by atoms with Gasteiger partial charge in [-0.1, -0.05) is 54.6 Å². The summed E-state index contributed by atoms with van der Waals surface area (Å²) in [6.07, 6.45) is 1.85. The van der Waals surface area contributed by atoms with E-state index in [1.807, 2.05) is 85.1 Å². The van der Waals surface area contributed by atoms with Gasteiger partial charge in [-0.25, -0.2) is 0 Å². The van der Waals surface area contributed by atoms with Crippen molar-refractivity contribution >= 4 is 24.5 Å². The number of benzene rings is 3. The largest absolute Gasteiger partial charge is 0.633 e. The Balaban J connectivity index is 1.63. The monoisotopic (exact) mass is 299 g/mol. The smallest absolute Gasteiger partial charge is 0.519 e. The van der Waals surface area contributed by atoms with Gasteiger partial charge in [0.1, 0.15) is 11.5 Å². The fraction of sp³-hybridized carbons (Fsp3) is 0. The van der Waals surface area contributed by atoms with Crippen LogP contribution in [0.3, 0.4) is 0 Å². The minimum atomic E-state index is -0.439. The lowest BCUT2D eigenvalue weighted by molar-refractivity contribution is 0.518. The molecule has 0 atom stereocenters. The maximum absolute atomic E-state index is 5.90. The Morgan fingerprint density at radius 1 is 0.696 bits per heavy atom. The highest BCUT2D eigenvalue weighted by Crippen LogP contribution is 2.32. The van der Waals surface area contributed by atoms with E-state index in [0.717, 1.165) is 28.2 Å². The molecule has 0 aromatic heterocycles. The molecule has 110 valence electrons. The summed E-state index contributed by atoms with van der Waals surface area (Å²) in [7, 11) is -0.439. The quantitative estimate of drug-likeness (QED) is 0.546. The van der Waals surface area contributed by atoms with E-state index in [1.54, 1.807) is 0 Å². The van der Waals surface area contributed by atoms with Gasteiger partial charge in [-0.2, -0.15) is 0 Å². The number of rotatable bonds is 3. The third kappa shape index (κ3) is 2.83. The van der Waals surface area contributed by atoms with Crippen molar-refractivity contribution in [3.63, 3.8) is 0 Å². The Morgan fingerprint density at radius 3 is 2.04 bits per heavy atom. The van der Waals surface area contributed by atoms with Gasteiger partial charge in [0.2, 0.25) is 0 Å². The van der Waals surface area contributed by atoms with E-state index >= 15 is 0 Å². The molecule has 0 aliphatic carbocycles. The average molecular weight is 299 g/mol. The van der Waals surface area contributed by atoms with Crippen LogP contribution in [0, 0.1) is 0 Å². The van der Waals surface area contributed by atoms with Gasteiger partial charge in [0, 0.05) is 11.7 Å². The molecule has 1 aliphatic rings. The standard InChI is InChI=1S/C19H14BNO2/c1-2-9-16(10-3-1)21-14-15-8-4-5-11-17(15)20-22-18-12-6-7-13-19(18)23-20/h1-14H. The summed E-state index contributed by atoms with van der Waals surface area (Å²) in [6.45, 7) is 0. The van der Waals surface area contributed by atoms with Crippen LogP contribution in [-0.4, -0.2) is 13.3 Å². The molecular formula is C19H14BNO2. The molecule has 3 nitrogen and oxygen atoms in total. The molecule has 0 radical (unpaired) electrons. The Kier molecular flexibility index (Phi) is 3.56. The number of nitrogens with zero attached hydrogens (tertiary/aromatic N) is 1. The Bertz CT molecular complexity index is 824. The second kappa shape index (κ2) is 6.01. The van der Waals surface area contributed by atoms with Gasteiger partial charge in [-0.15, -0.1) is 0 Å². The highest BCUT2D eigenvalue weighted by atomic mass is 16.6. The third-order valence-corrected chi connectivity index (χ3v) is 3.68. The van der Waals surface area contributed by atoms with Crippen molar-refractivity contribution in [1.82, 2.24) is 0 Å². The molecular weight excluding hydrogens is 285 g/mol. The average Bonchev–Trinajstić information content (AvgIpc) is 3.05. The van der Waals surface area contributed by atoms with Crippen molar-refractivity contribution in [3.05, 3.63) is 84.4 Å². The Hall–Kier alpha value is -3.01. The number of hydrogen-bond donors (Lipinski definition) is 0. The fourth-order valence-electron chi connectivity index (χ4n) is 2.53. The summed E-state index contributed by atoms with van der Waals surface area (Å²) in [4.78, 5) is 4.52. The minimum absolute atomic E-state index is 0.439. The van der Waals surface area contributed by atoms with Crippen LogP contribution in [0.25, 0.3) is 0 Å². The van der Waals surface area contributed by atoms with Crippen LogP contribution in [0.4, 0.5) is 5.69 Å². The van der Waals surface area contributed by atoms with Crippen LogP contribution in [-0.2, 0) is 0 Å². The van der Waals surface area contributed by atoms with Crippen LogP contribution in [0.15, 0.2) is 83.9 Å². The van der Waals surface area contributed by atoms with Crippen LogP contribution in [0.2, 0.25) is 0 Å². The Labute approximate surface area is 135 Å². The van der Waals surface area contributed by atoms with Crippen molar-refractivity contribution in [2.45, 2.75) is 0 Å². The second-order valence-electron chi connectivity index (χ2n) is 5.24. The summed E-state index contributed by atoms with van der Waals surface area (Å²) in [5.74, 6) is 1.54. The van der Waals surface area contributed by atoms with Gasteiger partial charge in [-0.05, 0) is 29.8 Å². The van der Waals surface area contributed by atoms with E-state index in [0.29, 0.717) is 0 Å². The zero-order valence-electron chi connectivity index (χ0n) is 12.4. The summed E-state index contributed by atoms with van der Waals surface area (Å²) in [5.41, 5.74) is 2.86. The highest BCUT2D eigenvalue weighted by Gasteiger charge is 2.35. The number of hydrogen-bond acceptors (Lipinski definition) is 3.